The zero-order chi connectivity index (χ0) is 14.9. The Morgan fingerprint density at radius 2 is 2.33 bits per heavy atom. The van der Waals surface area contributed by atoms with Crippen molar-refractivity contribution in [2.24, 2.45) is 11.7 Å². The molecule has 0 spiro atoms. The maximum Gasteiger partial charge on any atom is 0.246 e. The molecule has 2 atom stereocenters. The molecule has 1 saturated carbocycles. The van der Waals surface area contributed by atoms with E-state index in [4.69, 9.17) is 21.9 Å². The number of hydrogen-bond donors (Lipinski definition) is 1. The summed E-state index contributed by atoms with van der Waals surface area (Å²) in [4.78, 5) is 4.52. The minimum Gasteiger partial charge on any atom is -0.337 e. The Morgan fingerprint density at radius 1 is 1.48 bits per heavy atom. The van der Waals surface area contributed by atoms with Crippen molar-refractivity contribution in [1.29, 1.82) is 0 Å². The number of halogens is 1. The standard InChI is InChI=1S/C16H20ClN3O/c1-11-4-3-7-16(18,10-11)15-19-14(20-21-15)9-12-5-2-6-13(17)8-12/h2,5-6,8,11H,3-4,7,9-10,18H2,1H3. The second-order valence-corrected chi connectivity index (χ2v) is 6.62. The van der Waals surface area contributed by atoms with E-state index in [1.165, 1.54) is 6.42 Å². The minimum atomic E-state index is -0.461. The van der Waals surface area contributed by atoms with Crippen molar-refractivity contribution in [2.45, 2.75) is 44.6 Å². The van der Waals surface area contributed by atoms with Crippen LogP contribution in [0.4, 0.5) is 0 Å². The largest absolute Gasteiger partial charge is 0.337 e. The number of rotatable bonds is 3. The Labute approximate surface area is 129 Å². The van der Waals surface area contributed by atoms with Crippen LogP contribution < -0.4 is 5.73 Å². The third kappa shape index (κ3) is 3.27. The molecule has 1 aliphatic rings. The highest BCUT2D eigenvalue weighted by Gasteiger charge is 2.37. The number of nitrogens with two attached hydrogens (primary N) is 1. The van der Waals surface area contributed by atoms with Crippen LogP contribution in [-0.4, -0.2) is 10.1 Å². The molecule has 21 heavy (non-hydrogen) atoms. The first-order valence-corrected chi connectivity index (χ1v) is 7.79. The highest BCUT2D eigenvalue weighted by molar-refractivity contribution is 6.30. The summed E-state index contributed by atoms with van der Waals surface area (Å²) in [6, 6.07) is 7.69. The topological polar surface area (TPSA) is 64.9 Å². The fraction of sp³-hybridized carbons (Fsp3) is 0.500. The zero-order valence-electron chi connectivity index (χ0n) is 12.2. The van der Waals surface area contributed by atoms with E-state index in [2.05, 4.69) is 17.1 Å². The van der Waals surface area contributed by atoms with E-state index in [-0.39, 0.29) is 0 Å². The van der Waals surface area contributed by atoms with Crippen molar-refractivity contribution in [1.82, 2.24) is 10.1 Å². The SMILES string of the molecule is CC1CCCC(N)(c2nc(Cc3cccc(Cl)c3)no2)C1. The Hall–Kier alpha value is -1.39. The molecule has 1 fully saturated rings. The number of hydrogen-bond acceptors (Lipinski definition) is 4. The first-order valence-electron chi connectivity index (χ1n) is 7.41. The van der Waals surface area contributed by atoms with Gasteiger partial charge in [-0.2, -0.15) is 4.98 Å². The van der Waals surface area contributed by atoms with Gasteiger partial charge < -0.3 is 10.3 Å². The highest BCUT2D eigenvalue weighted by atomic mass is 35.5. The predicted molar refractivity (Wildman–Crippen MR) is 82.1 cm³/mol. The molecule has 2 N–H and O–H groups in total. The van der Waals surface area contributed by atoms with Gasteiger partial charge in [0, 0.05) is 11.4 Å². The summed E-state index contributed by atoms with van der Waals surface area (Å²) in [5.74, 6) is 1.84. The molecule has 112 valence electrons. The van der Waals surface area contributed by atoms with Gasteiger partial charge in [-0.25, -0.2) is 0 Å². The maximum atomic E-state index is 6.48. The monoisotopic (exact) mass is 305 g/mol. The van der Waals surface area contributed by atoms with E-state index < -0.39 is 5.54 Å². The van der Waals surface area contributed by atoms with Crippen LogP contribution in [0.1, 0.15) is 49.9 Å². The van der Waals surface area contributed by atoms with Gasteiger partial charge in [0.05, 0.1) is 5.54 Å². The van der Waals surface area contributed by atoms with Gasteiger partial charge >= 0.3 is 0 Å². The van der Waals surface area contributed by atoms with Gasteiger partial charge in [0.25, 0.3) is 0 Å². The maximum absolute atomic E-state index is 6.48. The van der Waals surface area contributed by atoms with E-state index in [1.54, 1.807) is 0 Å². The van der Waals surface area contributed by atoms with Crippen LogP contribution in [0.3, 0.4) is 0 Å². The molecule has 0 bridgehead atoms. The van der Waals surface area contributed by atoms with Crippen LogP contribution in [0.2, 0.25) is 5.02 Å². The first-order chi connectivity index (χ1) is 10.0. The summed E-state index contributed by atoms with van der Waals surface area (Å²) < 4.78 is 5.44. The second-order valence-electron chi connectivity index (χ2n) is 6.18. The Kier molecular flexibility index (Phi) is 4.00. The molecule has 2 aromatic rings. The molecule has 1 aromatic heterocycles. The fourth-order valence-electron chi connectivity index (χ4n) is 3.14. The van der Waals surface area contributed by atoms with Crippen LogP contribution in [0.25, 0.3) is 0 Å². The molecule has 1 aromatic carbocycles. The summed E-state index contributed by atoms with van der Waals surface area (Å²) in [5.41, 5.74) is 7.09. The Balaban J connectivity index is 1.77. The van der Waals surface area contributed by atoms with Crippen molar-refractivity contribution >= 4 is 11.6 Å². The quantitative estimate of drug-likeness (QED) is 0.939. The number of nitrogens with zero attached hydrogens (tertiary/aromatic N) is 2. The van der Waals surface area contributed by atoms with Gasteiger partial charge in [-0.3, -0.25) is 0 Å². The number of benzene rings is 1. The van der Waals surface area contributed by atoms with E-state index >= 15 is 0 Å². The lowest BCUT2D eigenvalue weighted by atomic mass is 9.77. The minimum absolute atomic E-state index is 0.461. The highest BCUT2D eigenvalue weighted by Crippen LogP contribution is 2.37. The van der Waals surface area contributed by atoms with Crippen LogP contribution >= 0.6 is 11.6 Å². The van der Waals surface area contributed by atoms with Gasteiger partial charge in [0.2, 0.25) is 5.89 Å². The third-order valence-electron chi connectivity index (χ3n) is 4.18. The zero-order valence-corrected chi connectivity index (χ0v) is 12.9. The summed E-state index contributed by atoms with van der Waals surface area (Å²) in [5, 5.41) is 4.79. The Bertz CT molecular complexity index is 627. The molecule has 1 aliphatic carbocycles. The number of aromatic nitrogens is 2. The fourth-order valence-corrected chi connectivity index (χ4v) is 3.36. The molecule has 5 heteroatoms. The van der Waals surface area contributed by atoms with Gasteiger partial charge in [0.15, 0.2) is 5.82 Å². The second kappa shape index (κ2) is 5.78. The molecule has 1 heterocycles. The Morgan fingerprint density at radius 3 is 3.10 bits per heavy atom. The molecule has 3 rings (SSSR count). The van der Waals surface area contributed by atoms with Crippen LogP contribution in [0.15, 0.2) is 28.8 Å². The summed E-state index contributed by atoms with van der Waals surface area (Å²) in [6.07, 6.45) is 4.77. The van der Waals surface area contributed by atoms with Gasteiger partial charge in [-0.05, 0) is 36.5 Å². The molecule has 0 aliphatic heterocycles. The summed E-state index contributed by atoms with van der Waals surface area (Å²) in [7, 11) is 0. The molecule has 2 unspecified atom stereocenters. The molecular weight excluding hydrogens is 286 g/mol. The third-order valence-corrected chi connectivity index (χ3v) is 4.41. The molecular formula is C16H20ClN3O. The van der Waals surface area contributed by atoms with Gasteiger partial charge in [-0.15, -0.1) is 0 Å². The normalized spacial score (nSPS) is 26.0. The average Bonchev–Trinajstić information content (AvgIpc) is 2.88. The van der Waals surface area contributed by atoms with Crippen molar-refractivity contribution < 1.29 is 4.52 Å². The van der Waals surface area contributed by atoms with Crippen LogP contribution in [0, 0.1) is 5.92 Å². The molecule has 0 saturated heterocycles. The van der Waals surface area contributed by atoms with Crippen molar-refractivity contribution in [2.75, 3.05) is 0 Å². The predicted octanol–water partition coefficient (Wildman–Crippen LogP) is 3.68. The molecule has 0 amide bonds. The van der Waals surface area contributed by atoms with Crippen LogP contribution in [-0.2, 0) is 12.0 Å². The van der Waals surface area contributed by atoms with E-state index in [9.17, 15) is 0 Å². The van der Waals surface area contributed by atoms with Crippen LogP contribution in [0.5, 0.6) is 0 Å². The summed E-state index contributed by atoms with van der Waals surface area (Å²) >= 11 is 5.99. The lowest BCUT2D eigenvalue weighted by Crippen LogP contribution is -2.41. The van der Waals surface area contributed by atoms with E-state index in [1.807, 2.05) is 24.3 Å². The first kappa shape index (κ1) is 14.5. The summed E-state index contributed by atoms with van der Waals surface area (Å²) in [6.45, 7) is 2.23. The van der Waals surface area contributed by atoms with Crippen molar-refractivity contribution in [3.63, 3.8) is 0 Å². The van der Waals surface area contributed by atoms with Gasteiger partial charge in [0.1, 0.15) is 0 Å². The van der Waals surface area contributed by atoms with E-state index in [0.717, 1.165) is 24.8 Å². The van der Waals surface area contributed by atoms with Crippen molar-refractivity contribution in [3.8, 4) is 0 Å². The van der Waals surface area contributed by atoms with Gasteiger partial charge in [-0.1, -0.05) is 48.7 Å². The smallest absolute Gasteiger partial charge is 0.246 e. The lowest BCUT2D eigenvalue weighted by molar-refractivity contribution is 0.183. The lowest BCUT2D eigenvalue weighted by Gasteiger charge is -2.33. The van der Waals surface area contributed by atoms with Crippen molar-refractivity contribution in [3.05, 3.63) is 46.6 Å². The molecule has 0 radical (unpaired) electrons. The average molecular weight is 306 g/mol. The molecule has 4 nitrogen and oxygen atoms in total. The van der Waals surface area contributed by atoms with E-state index in [0.29, 0.717) is 29.1 Å².